The van der Waals surface area contributed by atoms with Crippen LogP contribution in [0.4, 0.5) is 4.39 Å². The number of hydrogen-bond donors (Lipinski definition) is 1. The van der Waals surface area contributed by atoms with E-state index in [1.807, 2.05) is 0 Å². The Morgan fingerprint density at radius 1 is 1.39 bits per heavy atom. The molecule has 0 saturated carbocycles. The van der Waals surface area contributed by atoms with E-state index >= 15 is 0 Å². The lowest BCUT2D eigenvalue weighted by Gasteiger charge is -2.10. The van der Waals surface area contributed by atoms with Crippen molar-refractivity contribution in [1.82, 2.24) is 4.98 Å². The van der Waals surface area contributed by atoms with Crippen LogP contribution in [0.3, 0.4) is 0 Å². The Hall–Kier alpha value is -2.43. The molecule has 1 aromatic heterocycles. The molecule has 18 heavy (non-hydrogen) atoms. The minimum atomic E-state index is -0.621. The van der Waals surface area contributed by atoms with Crippen LogP contribution in [0.25, 0.3) is 11.3 Å². The first kappa shape index (κ1) is 12.0. The normalized spacial score (nSPS) is 10.1. The number of halogens is 1. The lowest BCUT2D eigenvalue weighted by molar-refractivity contribution is 0.100. The first-order chi connectivity index (χ1) is 8.63. The van der Waals surface area contributed by atoms with Gasteiger partial charge in [-0.2, -0.15) is 0 Å². The summed E-state index contributed by atoms with van der Waals surface area (Å²) in [6.45, 7) is 0. The van der Waals surface area contributed by atoms with E-state index < -0.39 is 11.7 Å². The molecule has 0 aliphatic carbocycles. The highest BCUT2D eigenvalue weighted by Crippen LogP contribution is 2.31. The maximum absolute atomic E-state index is 13.3. The third-order valence-corrected chi connectivity index (χ3v) is 2.49. The van der Waals surface area contributed by atoms with Crippen LogP contribution in [0.1, 0.15) is 10.4 Å². The van der Waals surface area contributed by atoms with Crippen molar-refractivity contribution in [1.29, 1.82) is 0 Å². The van der Waals surface area contributed by atoms with E-state index in [9.17, 15) is 9.18 Å². The second-order valence-electron chi connectivity index (χ2n) is 3.61. The summed E-state index contributed by atoms with van der Waals surface area (Å²) in [6, 6.07) is 7.14. The predicted octanol–water partition coefficient (Wildman–Crippen LogP) is 2.00. The SMILES string of the molecule is COc1ccc(F)cc1-c1ncccc1C(N)=O. The smallest absolute Gasteiger partial charge is 0.250 e. The van der Waals surface area contributed by atoms with Crippen LogP contribution < -0.4 is 10.5 Å². The van der Waals surface area contributed by atoms with Gasteiger partial charge in [0.2, 0.25) is 0 Å². The molecule has 0 atom stereocenters. The highest BCUT2D eigenvalue weighted by molar-refractivity contribution is 5.99. The second-order valence-corrected chi connectivity index (χ2v) is 3.61. The van der Waals surface area contributed by atoms with Gasteiger partial charge in [0, 0.05) is 11.8 Å². The molecule has 4 nitrogen and oxygen atoms in total. The highest BCUT2D eigenvalue weighted by atomic mass is 19.1. The molecule has 0 unspecified atom stereocenters. The Morgan fingerprint density at radius 2 is 2.17 bits per heavy atom. The van der Waals surface area contributed by atoms with Crippen LogP contribution in [0, 0.1) is 5.82 Å². The Kier molecular flexibility index (Phi) is 3.23. The maximum atomic E-state index is 13.3. The first-order valence-corrected chi connectivity index (χ1v) is 5.22. The van der Waals surface area contributed by atoms with Crippen molar-refractivity contribution in [2.24, 2.45) is 5.73 Å². The number of primary amides is 1. The molecule has 0 saturated heterocycles. The molecular weight excluding hydrogens is 235 g/mol. The minimum absolute atomic E-state index is 0.224. The van der Waals surface area contributed by atoms with Gasteiger partial charge in [-0.05, 0) is 30.3 Å². The van der Waals surface area contributed by atoms with Crippen LogP contribution >= 0.6 is 0 Å². The molecule has 1 amide bonds. The summed E-state index contributed by atoms with van der Waals surface area (Å²) < 4.78 is 18.4. The molecule has 0 radical (unpaired) electrons. The third kappa shape index (κ3) is 2.15. The van der Waals surface area contributed by atoms with Gasteiger partial charge >= 0.3 is 0 Å². The van der Waals surface area contributed by atoms with Gasteiger partial charge in [0.15, 0.2) is 0 Å². The fourth-order valence-electron chi connectivity index (χ4n) is 1.68. The number of benzene rings is 1. The van der Waals surface area contributed by atoms with Crippen molar-refractivity contribution >= 4 is 5.91 Å². The van der Waals surface area contributed by atoms with E-state index in [1.165, 1.54) is 37.6 Å². The first-order valence-electron chi connectivity index (χ1n) is 5.22. The molecule has 1 aromatic carbocycles. The van der Waals surface area contributed by atoms with E-state index in [4.69, 9.17) is 10.5 Å². The minimum Gasteiger partial charge on any atom is -0.496 e. The summed E-state index contributed by atoms with van der Waals surface area (Å²) in [5.74, 6) is -0.631. The average molecular weight is 246 g/mol. The molecular formula is C13H11FN2O2. The van der Waals surface area contributed by atoms with E-state index in [0.717, 1.165) is 0 Å². The van der Waals surface area contributed by atoms with Crippen LogP contribution in [0.15, 0.2) is 36.5 Å². The van der Waals surface area contributed by atoms with Gasteiger partial charge in [-0.15, -0.1) is 0 Å². The topological polar surface area (TPSA) is 65.2 Å². The summed E-state index contributed by atoms with van der Waals surface area (Å²) in [5, 5.41) is 0. The molecule has 0 fully saturated rings. The van der Waals surface area contributed by atoms with E-state index in [2.05, 4.69) is 4.98 Å². The van der Waals surface area contributed by atoms with Crippen LogP contribution in [-0.2, 0) is 0 Å². The van der Waals surface area contributed by atoms with E-state index in [-0.39, 0.29) is 5.56 Å². The number of carbonyl (C=O) groups is 1. The number of aromatic nitrogens is 1. The van der Waals surface area contributed by atoms with Crippen LogP contribution in [0.2, 0.25) is 0 Å². The molecule has 2 rings (SSSR count). The van der Waals surface area contributed by atoms with E-state index in [0.29, 0.717) is 17.0 Å². The monoisotopic (exact) mass is 246 g/mol. The zero-order chi connectivity index (χ0) is 13.1. The molecule has 1 heterocycles. The Labute approximate surface area is 103 Å². The van der Waals surface area contributed by atoms with Gasteiger partial charge in [-0.3, -0.25) is 9.78 Å². The maximum Gasteiger partial charge on any atom is 0.250 e. The van der Waals surface area contributed by atoms with E-state index in [1.54, 1.807) is 6.07 Å². The van der Waals surface area contributed by atoms with Gasteiger partial charge in [-0.1, -0.05) is 0 Å². The van der Waals surface area contributed by atoms with Crippen molar-refractivity contribution in [3.05, 3.63) is 47.9 Å². The molecule has 0 bridgehead atoms. The van der Waals surface area contributed by atoms with Gasteiger partial charge in [-0.25, -0.2) is 4.39 Å². The lowest BCUT2D eigenvalue weighted by Crippen LogP contribution is -2.13. The number of hydrogen-bond acceptors (Lipinski definition) is 3. The fraction of sp³-hybridized carbons (Fsp3) is 0.0769. The molecule has 0 aliphatic heterocycles. The molecule has 0 spiro atoms. The third-order valence-electron chi connectivity index (χ3n) is 2.49. The van der Waals surface area contributed by atoms with Crippen molar-refractivity contribution in [2.75, 3.05) is 7.11 Å². The van der Waals surface area contributed by atoms with Crippen molar-refractivity contribution in [3.8, 4) is 17.0 Å². The zero-order valence-corrected chi connectivity index (χ0v) is 9.68. The van der Waals surface area contributed by atoms with Gasteiger partial charge in [0.1, 0.15) is 11.6 Å². The summed E-state index contributed by atoms with van der Waals surface area (Å²) in [6.07, 6.45) is 1.51. The standard InChI is InChI=1S/C13H11FN2O2/c1-18-11-5-4-8(14)7-10(11)12-9(13(15)17)3-2-6-16-12/h2-7H,1H3,(H2,15,17). The highest BCUT2D eigenvalue weighted by Gasteiger charge is 2.15. The lowest BCUT2D eigenvalue weighted by atomic mass is 10.0. The number of rotatable bonds is 3. The van der Waals surface area contributed by atoms with Gasteiger partial charge < -0.3 is 10.5 Å². The van der Waals surface area contributed by atoms with Crippen molar-refractivity contribution < 1.29 is 13.9 Å². The molecule has 2 aromatic rings. The number of pyridine rings is 1. The van der Waals surface area contributed by atoms with Crippen LogP contribution in [-0.4, -0.2) is 18.0 Å². The molecule has 92 valence electrons. The molecule has 5 heteroatoms. The average Bonchev–Trinajstić information content (AvgIpc) is 2.38. The predicted molar refractivity (Wildman–Crippen MR) is 64.7 cm³/mol. The summed E-state index contributed by atoms with van der Waals surface area (Å²) in [7, 11) is 1.46. The quantitative estimate of drug-likeness (QED) is 0.900. The Morgan fingerprint density at radius 3 is 2.83 bits per heavy atom. The number of nitrogens with zero attached hydrogens (tertiary/aromatic N) is 1. The van der Waals surface area contributed by atoms with Gasteiger partial charge in [0.25, 0.3) is 5.91 Å². The van der Waals surface area contributed by atoms with Crippen molar-refractivity contribution in [3.63, 3.8) is 0 Å². The summed E-state index contributed by atoms with van der Waals surface area (Å²) >= 11 is 0. The second kappa shape index (κ2) is 4.83. The van der Waals surface area contributed by atoms with Crippen molar-refractivity contribution in [2.45, 2.75) is 0 Å². The number of nitrogens with two attached hydrogens (primary N) is 1. The number of ether oxygens (including phenoxy) is 1. The van der Waals surface area contributed by atoms with Crippen LogP contribution in [0.5, 0.6) is 5.75 Å². The molecule has 0 aliphatic rings. The Balaban J connectivity index is 2.68. The number of carbonyl (C=O) groups excluding carboxylic acids is 1. The number of amides is 1. The largest absolute Gasteiger partial charge is 0.496 e. The zero-order valence-electron chi connectivity index (χ0n) is 9.68. The fourth-order valence-corrected chi connectivity index (χ4v) is 1.68. The Bertz CT molecular complexity index is 599. The summed E-state index contributed by atoms with van der Waals surface area (Å²) in [5.41, 5.74) is 6.19. The summed E-state index contributed by atoms with van der Waals surface area (Å²) in [4.78, 5) is 15.4. The molecule has 2 N–H and O–H groups in total. The number of methoxy groups -OCH3 is 1. The van der Waals surface area contributed by atoms with Gasteiger partial charge in [0.05, 0.1) is 18.4 Å².